The van der Waals surface area contributed by atoms with E-state index in [1.165, 1.54) is 17.7 Å². The number of ether oxygens (including phenoxy) is 1. The van der Waals surface area contributed by atoms with Crippen LogP contribution in [0.4, 0.5) is 5.69 Å². The Balaban J connectivity index is 2.50. The van der Waals surface area contributed by atoms with Crippen molar-refractivity contribution in [1.29, 1.82) is 0 Å². The van der Waals surface area contributed by atoms with Gasteiger partial charge >= 0.3 is 0 Å². The van der Waals surface area contributed by atoms with Crippen molar-refractivity contribution in [3.8, 4) is 5.75 Å². The molecule has 1 heterocycles. The molecule has 1 aliphatic rings. The van der Waals surface area contributed by atoms with E-state index >= 15 is 0 Å². The van der Waals surface area contributed by atoms with E-state index in [4.69, 9.17) is 4.74 Å². The number of fused-ring (bicyclic) bond motifs is 1. The van der Waals surface area contributed by atoms with Crippen LogP contribution in [0.2, 0.25) is 0 Å². The molecule has 13 heavy (non-hydrogen) atoms. The molecule has 0 spiro atoms. The quantitative estimate of drug-likeness (QED) is 0.817. The topological polar surface area (TPSA) is 21.3 Å². The highest BCUT2D eigenvalue weighted by atomic mass is 79.9. The van der Waals surface area contributed by atoms with Crippen molar-refractivity contribution >= 4 is 21.6 Å². The standard InChI is InChI=1S/C10H12BrNO/c1-13-10-6-7(11)5-9-8(10)3-2-4-12-9/h5-6,12H,2-4H2,1H3. The van der Waals surface area contributed by atoms with E-state index in [0.29, 0.717) is 0 Å². The minimum Gasteiger partial charge on any atom is -0.496 e. The Morgan fingerprint density at radius 3 is 3.08 bits per heavy atom. The zero-order valence-electron chi connectivity index (χ0n) is 7.56. The molecule has 3 heteroatoms. The summed E-state index contributed by atoms with van der Waals surface area (Å²) in [7, 11) is 1.72. The molecule has 2 nitrogen and oxygen atoms in total. The van der Waals surface area contributed by atoms with Gasteiger partial charge < -0.3 is 10.1 Å². The summed E-state index contributed by atoms with van der Waals surface area (Å²) in [5.41, 5.74) is 2.51. The second-order valence-corrected chi connectivity index (χ2v) is 4.08. The van der Waals surface area contributed by atoms with Crippen LogP contribution in [0, 0.1) is 0 Å². The van der Waals surface area contributed by atoms with E-state index in [1.54, 1.807) is 7.11 Å². The molecule has 0 saturated carbocycles. The fraction of sp³-hybridized carbons (Fsp3) is 0.400. The summed E-state index contributed by atoms with van der Waals surface area (Å²) in [6.07, 6.45) is 2.30. The third-order valence-corrected chi connectivity index (χ3v) is 2.77. The van der Waals surface area contributed by atoms with Crippen LogP contribution in [0.25, 0.3) is 0 Å². The van der Waals surface area contributed by atoms with Crippen LogP contribution in [-0.2, 0) is 6.42 Å². The number of benzene rings is 1. The average molecular weight is 242 g/mol. The summed E-state index contributed by atoms with van der Waals surface area (Å²) in [6, 6.07) is 4.13. The number of halogens is 1. The van der Waals surface area contributed by atoms with E-state index in [1.807, 2.05) is 6.07 Å². The molecule has 0 radical (unpaired) electrons. The van der Waals surface area contributed by atoms with Gasteiger partial charge in [0.05, 0.1) is 7.11 Å². The highest BCUT2D eigenvalue weighted by Gasteiger charge is 2.13. The molecule has 0 aliphatic carbocycles. The molecule has 0 aromatic heterocycles. The van der Waals surface area contributed by atoms with Gasteiger partial charge in [-0.1, -0.05) is 15.9 Å². The molecular weight excluding hydrogens is 230 g/mol. The molecule has 0 saturated heterocycles. The number of hydrogen-bond donors (Lipinski definition) is 1. The van der Waals surface area contributed by atoms with Crippen molar-refractivity contribution < 1.29 is 4.74 Å². The van der Waals surface area contributed by atoms with Gasteiger partial charge in [0.25, 0.3) is 0 Å². The molecule has 2 rings (SSSR count). The van der Waals surface area contributed by atoms with Crippen molar-refractivity contribution in [2.45, 2.75) is 12.8 Å². The highest BCUT2D eigenvalue weighted by Crippen LogP contribution is 2.34. The molecule has 1 aromatic carbocycles. The van der Waals surface area contributed by atoms with Gasteiger partial charge in [-0.2, -0.15) is 0 Å². The van der Waals surface area contributed by atoms with Gasteiger partial charge in [-0.15, -0.1) is 0 Å². The Kier molecular flexibility index (Phi) is 2.44. The smallest absolute Gasteiger partial charge is 0.125 e. The van der Waals surface area contributed by atoms with E-state index in [0.717, 1.165) is 23.2 Å². The maximum atomic E-state index is 5.32. The first kappa shape index (κ1) is 8.88. The summed E-state index contributed by atoms with van der Waals surface area (Å²) >= 11 is 3.46. The fourth-order valence-corrected chi connectivity index (χ4v) is 2.13. The second-order valence-electron chi connectivity index (χ2n) is 3.16. The van der Waals surface area contributed by atoms with Crippen LogP contribution in [0.5, 0.6) is 5.75 Å². The summed E-state index contributed by atoms with van der Waals surface area (Å²) < 4.78 is 6.39. The Morgan fingerprint density at radius 1 is 1.46 bits per heavy atom. The molecular formula is C10H12BrNO. The second kappa shape index (κ2) is 3.58. The largest absolute Gasteiger partial charge is 0.496 e. The summed E-state index contributed by atoms with van der Waals surface area (Å²) in [4.78, 5) is 0. The van der Waals surface area contributed by atoms with E-state index in [-0.39, 0.29) is 0 Å². The predicted molar refractivity (Wildman–Crippen MR) is 57.5 cm³/mol. The molecule has 1 aromatic rings. The first-order valence-electron chi connectivity index (χ1n) is 4.41. The maximum absolute atomic E-state index is 5.32. The van der Waals surface area contributed by atoms with E-state index in [2.05, 4.69) is 27.3 Å². The summed E-state index contributed by atoms with van der Waals surface area (Å²) in [5, 5.41) is 3.37. The lowest BCUT2D eigenvalue weighted by atomic mass is 10.0. The molecule has 0 amide bonds. The van der Waals surface area contributed by atoms with Gasteiger partial charge in [-0.3, -0.25) is 0 Å². The van der Waals surface area contributed by atoms with Crippen molar-refractivity contribution in [1.82, 2.24) is 0 Å². The molecule has 0 unspecified atom stereocenters. The number of nitrogens with one attached hydrogen (secondary N) is 1. The van der Waals surface area contributed by atoms with Gasteiger partial charge in [0.2, 0.25) is 0 Å². The number of hydrogen-bond acceptors (Lipinski definition) is 2. The third kappa shape index (κ3) is 1.66. The number of rotatable bonds is 1. The molecule has 1 aliphatic heterocycles. The predicted octanol–water partition coefficient (Wildman–Crippen LogP) is 2.82. The SMILES string of the molecule is COc1cc(Br)cc2c1CCCN2. The van der Waals surface area contributed by atoms with Crippen LogP contribution in [0.15, 0.2) is 16.6 Å². The Morgan fingerprint density at radius 2 is 2.31 bits per heavy atom. The van der Waals surface area contributed by atoms with Gasteiger partial charge in [0.1, 0.15) is 5.75 Å². The molecule has 0 bridgehead atoms. The van der Waals surface area contributed by atoms with Crippen LogP contribution in [0.3, 0.4) is 0 Å². The third-order valence-electron chi connectivity index (χ3n) is 2.31. The molecule has 70 valence electrons. The zero-order chi connectivity index (χ0) is 9.26. The van der Waals surface area contributed by atoms with E-state index < -0.39 is 0 Å². The van der Waals surface area contributed by atoms with Crippen molar-refractivity contribution in [2.24, 2.45) is 0 Å². The van der Waals surface area contributed by atoms with Gasteiger partial charge in [0.15, 0.2) is 0 Å². The lowest BCUT2D eigenvalue weighted by Crippen LogP contribution is -2.12. The average Bonchev–Trinajstić information content (AvgIpc) is 2.16. The lowest BCUT2D eigenvalue weighted by Gasteiger charge is -2.20. The van der Waals surface area contributed by atoms with Crippen LogP contribution < -0.4 is 10.1 Å². The normalized spacial score (nSPS) is 14.6. The van der Waals surface area contributed by atoms with Crippen LogP contribution >= 0.6 is 15.9 Å². The van der Waals surface area contributed by atoms with E-state index in [9.17, 15) is 0 Å². The fourth-order valence-electron chi connectivity index (χ4n) is 1.70. The van der Waals surface area contributed by atoms with Crippen molar-refractivity contribution in [3.63, 3.8) is 0 Å². The lowest BCUT2D eigenvalue weighted by molar-refractivity contribution is 0.408. The highest BCUT2D eigenvalue weighted by molar-refractivity contribution is 9.10. The van der Waals surface area contributed by atoms with Gasteiger partial charge in [-0.05, 0) is 25.0 Å². The molecule has 0 fully saturated rings. The zero-order valence-corrected chi connectivity index (χ0v) is 9.15. The Bertz CT molecular complexity index is 308. The van der Waals surface area contributed by atoms with Crippen LogP contribution in [-0.4, -0.2) is 13.7 Å². The van der Waals surface area contributed by atoms with Crippen molar-refractivity contribution in [2.75, 3.05) is 19.0 Å². The van der Waals surface area contributed by atoms with Crippen LogP contribution in [0.1, 0.15) is 12.0 Å². The summed E-state index contributed by atoms with van der Waals surface area (Å²) in [6.45, 7) is 1.06. The first-order valence-corrected chi connectivity index (χ1v) is 5.21. The minimum absolute atomic E-state index is 0.983. The summed E-state index contributed by atoms with van der Waals surface area (Å²) in [5.74, 6) is 0.983. The number of anilines is 1. The minimum atomic E-state index is 0.983. The maximum Gasteiger partial charge on any atom is 0.125 e. The van der Waals surface area contributed by atoms with Gasteiger partial charge in [0, 0.05) is 22.3 Å². The molecule has 1 N–H and O–H groups in total. The number of methoxy groups -OCH3 is 1. The van der Waals surface area contributed by atoms with Gasteiger partial charge in [-0.25, -0.2) is 0 Å². The molecule has 0 atom stereocenters. The first-order chi connectivity index (χ1) is 6.31. The Hall–Kier alpha value is -0.700. The Labute approximate surface area is 86.4 Å². The monoisotopic (exact) mass is 241 g/mol. The van der Waals surface area contributed by atoms with Crippen molar-refractivity contribution in [3.05, 3.63) is 22.2 Å².